The van der Waals surface area contributed by atoms with Crippen molar-refractivity contribution in [3.63, 3.8) is 0 Å². The Kier molecular flexibility index (Phi) is 2.92. The van der Waals surface area contributed by atoms with Crippen LogP contribution < -0.4 is 4.74 Å². The molecular weight excluding hydrogens is 206 g/mol. The van der Waals surface area contributed by atoms with Gasteiger partial charge in [-0.1, -0.05) is 5.16 Å². The van der Waals surface area contributed by atoms with Gasteiger partial charge in [0.1, 0.15) is 5.75 Å². The lowest BCUT2D eigenvalue weighted by Crippen LogP contribution is -1.88. The van der Waals surface area contributed by atoms with Gasteiger partial charge >= 0.3 is 0 Å². The minimum atomic E-state index is -0.0727. The Morgan fingerprint density at radius 1 is 1.31 bits per heavy atom. The summed E-state index contributed by atoms with van der Waals surface area (Å²) >= 11 is 0. The molecule has 0 atom stereocenters. The van der Waals surface area contributed by atoms with Gasteiger partial charge in [0.05, 0.1) is 19.4 Å². The Labute approximate surface area is 93.5 Å². The van der Waals surface area contributed by atoms with E-state index in [2.05, 4.69) is 5.16 Å². The Morgan fingerprint density at radius 3 is 2.56 bits per heavy atom. The van der Waals surface area contributed by atoms with Gasteiger partial charge < -0.3 is 14.4 Å². The van der Waals surface area contributed by atoms with E-state index in [1.165, 1.54) is 0 Å². The molecule has 0 aliphatic heterocycles. The van der Waals surface area contributed by atoms with Crippen LogP contribution in [0.25, 0.3) is 11.3 Å². The van der Waals surface area contributed by atoms with Crippen molar-refractivity contribution in [1.82, 2.24) is 5.16 Å². The number of nitrogens with zero attached hydrogens (tertiary/aromatic N) is 1. The molecule has 84 valence electrons. The predicted octanol–water partition coefficient (Wildman–Crippen LogP) is 2.15. The SMILES string of the molecule is COc1ccc(-c2onc(C)c2CO)cc1. The number of ether oxygens (including phenoxy) is 1. The van der Waals surface area contributed by atoms with E-state index >= 15 is 0 Å². The van der Waals surface area contributed by atoms with Crippen LogP contribution in [-0.2, 0) is 6.61 Å². The molecule has 1 aromatic heterocycles. The Bertz CT molecular complexity index is 474. The van der Waals surface area contributed by atoms with Crippen molar-refractivity contribution in [2.24, 2.45) is 0 Å². The number of benzene rings is 1. The highest BCUT2D eigenvalue weighted by atomic mass is 16.5. The lowest BCUT2D eigenvalue weighted by atomic mass is 10.1. The molecular formula is C12H13NO3. The summed E-state index contributed by atoms with van der Waals surface area (Å²) in [5.74, 6) is 1.40. The largest absolute Gasteiger partial charge is 0.497 e. The molecule has 0 aliphatic carbocycles. The van der Waals surface area contributed by atoms with Crippen LogP contribution in [0.5, 0.6) is 5.75 Å². The first-order chi connectivity index (χ1) is 7.76. The van der Waals surface area contributed by atoms with Gasteiger partial charge in [-0.25, -0.2) is 0 Å². The minimum Gasteiger partial charge on any atom is -0.497 e. The summed E-state index contributed by atoms with van der Waals surface area (Å²) in [5, 5.41) is 13.1. The second kappa shape index (κ2) is 4.37. The molecule has 0 radical (unpaired) electrons. The van der Waals surface area contributed by atoms with Gasteiger partial charge in [0.15, 0.2) is 5.76 Å². The fourth-order valence-electron chi connectivity index (χ4n) is 1.54. The molecule has 0 spiro atoms. The van der Waals surface area contributed by atoms with Crippen molar-refractivity contribution in [2.45, 2.75) is 13.5 Å². The first-order valence-corrected chi connectivity index (χ1v) is 4.96. The number of aromatic nitrogens is 1. The number of aliphatic hydroxyl groups is 1. The zero-order chi connectivity index (χ0) is 11.5. The van der Waals surface area contributed by atoms with Gasteiger partial charge in [-0.2, -0.15) is 0 Å². The van der Waals surface area contributed by atoms with Crippen molar-refractivity contribution in [2.75, 3.05) is 7.11 Å². The minimum absolute atomic E-state index is 0.0727. The maximum Gasteiger partial charge on any atom is 0.172 e. The average molecular weight is 219 g/mol. The quantitative estimate of drug-likeness (QED) is 0.859. The Hall–Kier alpha value is -1.81. The molecule has 2 aromatic rings. The van der Waals surface area contributed by atoms with Crippen LogP contribution in [0.3, 0.4) is 0 Å². The third kappa shape index (κ3) is 1.79. The van der Waals surface area contributed by atoms with Crippen LogP contribution in [0, 0.1) is 6.92 Å². The summed E-state index contributed by atoms with van der Waals surface area (Å²) in [5.41, 5.74) is 2.32. The predicted molar refractivity (Wildman–Crippen MR) is 59.2 cm³/mol. The van der Waals surface area contributed by atoms with E-state index in [0.717, 1.165) is 16.9 Å². The molecule has 2 rings (SSSR count). The van der Waals surface area contributed by atoms with E-state index < -0.39 is 0 Å². The second-order valence-electron chi connectivity index (χ2n) is 3.46. The summed E-state index contributed by atoms with van der Waals surface area (Å²) in [4.78, 5) is 0. The Morgan fingerprint density at radius 2 is 2.00 bits per heavy atom. The lowest BCUT2D eigenvalue weighted by Gasteiger charge is -2.01. The van der Waals surface area contributed by atoms with Gasteiger partial charge in [-0.15, -0.1) is 0 Å². The standard InChI is InChI=1S/C12H13NO3/c1-8-11(7-14)12(16-13-8)9-3-5-10(15-2)6-4-9/h3-6,14H,7H2,1-2H3. The zero-order valence-electron chi connectivity index (χ0n) is 9.23. The van der Waals surface area contributed by atoms with E-state index in [0.29, 0.717) is 11.5 Å². The van der Waals surface area contributed by atoms with E-state index in [1.807, 2.05) is 31.2 Å². The highest BCUT2D eigenvalue weighted by molar-refractivity contribution is 5.62. The van der Waals surface area contributed by atoms with Crippen molar-refractivity contribution in [3.8, 4) is 17.1 Å². The first kappa shape index (κ1) is 10.7. The lowest BCUT2D eigenvalue weighted by molar-refractivity contribution is 0.281. The molecule has 0 unspecified atom stereocenters. The van der Waals surface area contributed by atoms with E-state index in [-0.39, 0.29) is 6.61 Å². The molecule has 0 bridgehead atoms. The summed E-state index contributed by atoms with van der Waals surface area (Å²) in [6.07, 6.45) is 0. The van der Waals surface area contributed by atoms with Gasteiger partial charge in [0, 0.05) is 11.1 Å². The van der Waals surface area contributed by atoms with Crippen LogP contribution in [0.2, 0.25) is 0 Å². The maximum atomic E-state index is 9.23. The third-order valence-corrected chi connectivity index (χ3v) is 2.50. The first-order valence-electron chi connectivity index (χ1n) is 4.96. The van der Waals surface area contributed by atoms with E-state index in [9.17, 15) is 5.11 Å². The molecule has 0 saturated carbocycles. The fraction of sp³-hybridized carbons (Fsp3) is 0.250. The molecule has 1 heterocycles. The monoisotopic (exact) mass is 219 g/mol. The Balaban J connectivity index is 2.42. The van der Waals surface area contributed by atoms with Crippen LogP contribution in [-0.4, -0.2) is 17.4 Å². The van der Waals surface area contributed by atoms with Gasteiger partial charge in [-0.05, 0) is 31.2 Å². The summed E-state index contributed by atoms with van der Waals surface area (Å²) in [6.45, 7) is 1.73. The highest BCUT2D eigenvalue weighted by Gasteiger charge is 2.13. The number of rotatable bonds is 3. The van der Waals surface area contributed by atoms with E-state index in [4.69, 9.17) is 9.26 Å². The van der Waals surface area contributed by atoms with Gasteiger partial charge in [-0.3, -0.25) is 0 Å². The summed E-state index contributed by atoms with van der Waals surface area (Å²) in [7, 11) is 1.62. The second-order valence-corrected chi connectivity index (χ2v) is 3.46. The summed E-state index contributed by atoms with van der Waals surface area (Å²) < 4.78 is 10.3. The summed E-state index contributed by atoms with van der Waals surface area (Å²) in [6, 6.07) is 7.43. The smallest absolute Gasteiger partial charge is 0.172 e. The maximum absolute atomic E-state index is 9.23. The molecule has 4 heteroatoms. The van der Waals surface area contributed by atoms with Gasteiger partial charge in [0.25, 0.3) is 0 Å². The number of aryl methyl sites for hydroxylation is 1. The number of hydrogen-bond acceptors (Lipinski definition) is 4. The fourth-order valence-corrected chi connectivity index (χ4v) is 1.54. The van der Waals surface area contributed by atoms with Crippen LogP contribution in [0.1, 0.15) is 11.3 Å². The van der Waals surface area contributed by atoms with E-state index in [1.54, 1.807) is 7.11 Å². The molecule has 0 fully saturated rings. The van der Waals surface area contributed by atoms with Crippen LogP contribution in [0.15, 0.2) is 28.8 Å². The number of methoxy groups -OCH3 is 1. The van der Waals surface area contributed by atoms with Crippen molar-refractivity contribution < 1.29 is 14.4 Å². The van der Waals surface area contributed by atoms with Crippen molar-refractivity contribution in [3.05, 3.63) is 35.5 Å². The number of aliphatic hydroxyl groups excluding tert-OH is 1. The average Bonchev–Trinajstić information content (AvgIpc) is 2.70. The number of hydrogen-bond donors (Lipinski definition) is 1. The van der Waals surface area contributed by atoms with Crippen molar-refractivity contribution >= 4 is 0 Å². The molecule has 0 saturated heterocycles. The third-order valence-electron chi connectivity index (χ3n) is 2.50. The van der Waals surface area contributed by atoms with Crippen LogP contribution >= 0.6 is 0 Å². The molecule has 16 heavy (non-hydrogen) atoms. The normalized spacial score (nSPS) is 10.4. The highest BCUT2D eigenvalue weighted by Crippen LogP contribution is 2.27. The molecule has 4 nitrogen and oxygen atoms in total. The van der Waals surface area contributed by atoms with Crippen LogP contribution in [0.4, 0.5) is 0 Å². The molecule has 1 aromatic carbocycles. The molecule has 0 aliphatic rings. The molecule has 1 N–H and O–H groups in total. The molecule has 0 amide bonds. The zero-order valence-corrected chi connectivity index (χ0v) is 9.23. The topological polar surface area (TPSA) is 55.5 Å². The van der Waals surface area contributed by atoms with Gasteiger partial charge in [0.2, 0.25) is 0 Å². The van der Waals surface area contributed by atoms with Crippen molar-refractivity contribution in [1.29, 1.82) is 0 Å².